The van der Waals surface area contributed by atoms with E-state index in [2.05, 4.69) is 4.90 Å². The van der Waals surface area contributed by atoms with Gasteiger partial charge in [-0.05, 0) is 33.0 Å². The van der Waals surface area contributed by atoms with Crippen molar-refractivity contribution in [3.8, 4) is 0 Å². The monoisotopic (exact) mass is 223 g/mol. The minimum Gasteiger partial charge on any atom is -0.306 e. The number of hydrogen-bond donors (Lipinski definition) is 0. The highest BCUT2D eigenvalue weighted by Crippen LogP contribution is 2.17. The summed E-state index contributed by atoms with van der Waals surface area (Å²) in [6.45, 7) is 1.53. The van der Waals surface area contributed by atoms with Crippen LogP contribution in [0.2, 0.25) is 0 Å². The summed E-state index contributed by atoms with van der Waals surface area (Å²) in [5.74, 6) is -1.72. The fourth-order valence-electron chi connectivity index (χ4n) is 1.62. The molecule has 1 heterocycles. The fraction of sp³-hybridized carbons (Fsp3) is 0.875. The number of halogens is 1. The van der Waals surface area contributed by atoms with Gasteiger partial charge in [0.1, 0.15) is 5.75 Å². The van der Waals surface area contributed by atoms with Gasteiger partial charge in [0.05, 0.1) is 0 Å². The van der Waals surface area contributed by atoms with Crippen LogP contribution < -0.4 is 0 Å². The normalized spacial score (nSPS) is 21.0. The van der Waals surface area contributed by atoms with Crippen LogP contribution in [0.25, 0.3) is 0 Å². The number of hydrogen-bond acceptors (Lipinski definition) is 4. The van der Waals surface area contributed by atoms with Gasteiger partial charge < -0.3 is 4.90 Å². The fourth-order valence-corrected chi connectivity index (χ4v) is 2.19. The third kappa shape index (κ3) is 3.71. The van der Waals surface area contributed by atoms with E-state index in [1.165, 1.54) is 0 Å². The summed E-state index contributed by atoms with van der Waals surface area (Å²) in [6, 6.07) is 0. The van der Waals surface area contributed by atoms with E-state index in [9.17, 15) is 17.1 Å². The number of piperidine rings is 1. The van der Waals surface area contributed by atoms with E-state index in [1.807, 2.05) is 7.05 Å². The molecule has 0 amide bonds. The second-order valence-electron chi connectivity index (χ2n) is 3.73. The summed E-state index contributed by atoms with van der Waals surface area (Å²) >= 11 is 0. The van der Waals surface area contributed by atoms with Gasteiger partial charge in [-0.25, -0.2) is 0 Å². The van der Waals surface area contributed by atoms with Gasteiger partial charge in [0.15, 0.2) is 5.78 Å². The maximum absolute atomic E-state index is 12.2. The molecule has 0 aliphatic carbocycles. The number of rotatable bonds is 3. The summed E-state index contributed by atoms with van der Waals surface area (Å²) in [5.41, 5.74) is 0. The summed E-state index contributed by atoms with van der Waals surface area (Å²) in [6.07, 6.45) is 1.26. The predicted molar refractivity (Wildman–Crippen MR) is 50.1 cm³/mol. The molecule has 0 atom stereocenters. The van der Waals surface area contributed by atoms with Crippen molar-refractivity contribution in [2.24, 2.45) is 5.92 Å². The maximum Gasteiger partial charge on any atom is 0.309 e. The van der Waals surface area contributed by atoms with E-state index in [4.69, 9.17) is 0 Å². The van der Waals surface area contributed by atoms with Crippen LogP contribution in [0.1, 0.15) is 12.8 Å². The highest BCUT2D eigenvalue weighted by Gasteiger charge is 2.26. The Labute approximate surface area is 83.3 Å². The molecule has 0 spiro atoms. The molecule has 1 aliphatic heterocycles. The topological polar surface area (TPSA) is 54.5 Å². The highest BCUT2D eigenvalue weighted by atomic mass is 32.3. The molecule has 6 heteroatoms. The number of carbonyl (C=O) groups is 1. The average Bonchev–Trinajstić information content (AvgIpc) is 2.02. The zero-order valence-corrected chi connectivity index (χ0v) is 8.89. The van der Waals surface area contributed by atoms with Gasteiger partial charge in [0, 0.05) is 5.92 Å². The molecular weight excluding hydrogens is 209 g/mol. The summed E-state index contributed by atoms with van der Waals surface area (Å²) in [5, 5.41) is 0. The summed E-state index contributed by atoms with van der Waals surface area (Å²) in [4.78, 5) is 13.3. The zero-order chi connectivity index (χ0) is 10.8. The van der Waals surface area contributed by atoms with Gasteiger partial charge in [0.25, 0.3) is 0 Å². The quantitative estimate of drug-likeness (QED) is 0.641. The van der Waals surface area contributed by atoms with Crippen LogP contribution in [0.15, 0.2) is 0 Å². The largest absolute Gasteiger partial charge is 0.309 e. The molecule has 4 nitrogen and oxygen atoms in total. The second-order valence-corrected chi connectivity index (χ2v) is 5.09. The van der Waals surface area contributed by atoms with Crippen molar-refractivity contribution < 1.29 is 17.1 Å². The molecule has 1 saturated heterocycles. The molecule has 1 rings (SSSR count). The van der Waals surface area contributed by atoms with Crippen LogP contribution in [-0.2, 0) is 15.0 Å². The van der Waals surface area contributed by atoms with Crippen molar-refractivity contribution in [1.82, 2.24) is 4.90 Å². The van der Waals surface area contributed by atoms with Crippen LogP contribution in [0.3, 0.4) is 0 Å². The first-order chi connectivity index (χ1) is 6.38. The van der Waals surface area contributed by atoms with Crippen LogP contribution in [-0.4, -0.2) is 45.0 Å². The first-order valence-corrected chi connectivity index (χ1v) is 6.07. The second kappa shape index (κ2) is 4.35. The first-order valence-electron chi connectivity index (χ1n) is 4.52. The molecular formula is C8H14FNO3S. The van der Waals surface area contributed by atoms with Gasteiger partial charge in [-0.15, -0.1) is 3.89 Å². The van der Waals surface area contributed by atoms with E-state index in [0.29, 0.717) is 12.8 Å². The predicted octanol–water partition coefficient (Wildman–Crippen LogP) is 0.197. The van der Waals surface area contributed by atoms with Gasteiger partial charge >= 0.3 is 10.2 Å². The zero-order valence-electron chi connectivity index (χ0n) is 8.07. The molecule has 0 aromatic heterocycles. The number of likely N-dealkylation sites (tertiary alicyclic amines) is 1. The standard InChI is InChI=1S/C8H14FNO3S/c1-10-4-2-7(3-5-10)8(11)6-14(9,12)13/h7H,2-6H2,1H3. The Hall–Kier alpha value is -0.490. The van der Waals surface area contributed by atoms with Crippen molar-refractivity contribution in [2.75, 3.05) is 25.9 Å². The molecule has 0 bridgehead atoms. The highest BCUT2D eigenvalue weighted by molar-refractivity contribution is 7.87. The van der Waals surface area contributed by atoms with Gasteiger partial charge in [-0.2, -0.15) is 8.42 Å². The van der Waals surface area contributed by atoms with Crippen molar-refractivity contribution in [1.29, 1.82) is 0 Å². The average molecular weight is 223 g/mol. The SMILES string of the molecule is CN1CCC(C(=O)CS(=O)(=O)F)CC1. The van der Waals surface area contributed by atoms with Gasteiger partial charge in [-0.3, -0.25) is 4.79 Å². The van der Waals surface area contributed by atoms with E-state index in [0.717, 1.165) is 13.1 Å². The van der Waals surface area contributed by atoms with Crippen molar-refractivity contribution >= 4 is 16.0 Å². The van der Waals surface area contributed by atoms with Crippen molar-refractivity contribution in [3.05, 3.63) is 0 Å². The molecule has 1 aliphatic rings. The van der Waals surface area contributed by atoms with Crippen molar-refractivity contribution in [3.63, 3.8) is 0 Å². The number of carbonyl (C=O) groups excluding carboxylic acids is 1. The first kappa shape index (κ1) is 11.6. The third-order valence-corrected chi connectivity index (χ3v) is 3.12. The van der Waals surface area contributed by atoms with Crippen LogP contribution in [0.4, 0.5) is 3.89 Å². The third-order valence-electron chi connectivity index (χ3n) is 2.49. The maximum atomic E-state index is 12.2. The molecule has 0 unspecified atom stereocenters. The van der Waals surface area contributed by atoms with Gasteiger partial charge in [-0.1, -0.05) is 0 Å². The van der Waals surface area contributed by atoms with Crippen molar-refractivity contribution in [2.45, 2.75) is 12.8 Å². The number of Topliss-reactive ketones (excluding diaryl/α,β-unsaturated/α-hetero) is 1. The molecule has 1 fully saturated rings. The Balaban J connectivity index is 2.46. The molecule has 0 aromatic carbocycles. The Morgan fingerprint density at radius 3 is 2.36 bits per heavy atom. The Bertz CT molecular complexity index is 307. The lowest BCUT2D eigenvalue weighted by Gasteiger charge is -2.27. The van der Waals surface area contributed by atoms with Crippen LogP contribution >= 0.6 is 0 Å². The Kier molecular flexibility index (Phi) is 3.60. The van der Waals surface area contributed by atoms with E-state index in [1.54, 1.807) is 0 Å². The lowest BCUT2D eigenvalue weighted by molar-refractivity contribution is -0.121. The van der Waals surface area contributed by atoms with Crippen LogP contribution in [0, 0.1) is 5.92 Å². The van der Waals surface area contributed by atoms with E-state index in [-0.39, 0.29) is 5.92 Å². The lowest BCUT2D eigenvalue weighted by atomic mass is 9.94. The lowest BCUT2D eigenvalue weighted by Crippen LogP contribution is -2.35. The molecule has 82 valence electrons. The Morgan fingerprint density at radius 2 is 1.93 bits per heavy atom. The molecule has 0 aromatic rings. The van der Waals surface area contributed by atoms with E-state index >= 15 is 0 Å². The molecule has 0 N–H and O–H groups in total. The smallest absolute Gasteiger partial charge is 0.306 e. The summed E-state index contributed by atoms with van der Waals surface area (Å²) in [7, 11) is -2.71. The van der Waals surface area contributed by atoms with Crippen LogP contribution in [0.5, 0.6) is 0 Å². The van der Waals surface area contributed by atoms with E-state index < -0.39 is 21.8 Å². The summed E-state index contributed by atoms with van der Waals surface area (Å²) < 4.78 is 32.7. The molecule has 0 radical (unpaired) electrons. The number of nitrogens with zero attached hydrogens (tertiary/aromatic N) is 1. The molecule has 0 saturated carbocycles. The number of ketones is 1. The Morgan fingerprint density at radius 1 is 1.43 bits per heavy atom. The molecule has 14 heavy (non-hydrogen) atoms. The minimum atomic E-state index is -4.65. The minimum absolute atomic E-state index is 0.281. The van der Waals surface area contributed by atoms with Gasteiger partial charge in [0.2, 0.25) is 0 Å².